The lowest BCUT2D eigenvalue weighted by Gasteiger charge is -2.11. The molecule has 0 aromatic carbocycles. The Bertz CT molecular complexity index is 275. The van der Waals surface area contributed by atoms with Gasteiger partial charge in [0.2, 0.25) is 10.0 Å². The fourth-order valence-electron chi connectivity index (χ4n) is 0.871. The Kier molecular flexibility index (Phi) is 6.14. The van der Waals surface area contributed by atoms with Crippen LogP contribution in [0.4, 0.5) is 0 Å². The van der Waals surface area contributed by atoms with E-state index < -0.39 is 16.0 Å². The van der Waals surface area contributed by atoms with E-state index in [2.05, 4.69) is 4.72 Å². The van der Waals surface area contributed by atoms with E-state index in [1.165, 1.54) is 11.8 Å². The highest BCUT2D eigenvalue weighted by atomic mass is 32.2. The third-order valence-corrected chi connectivity index (χ3v) is 3.72. The maximum Gasteiger partial charge on any atom is 0.304 e. The summed E-state index contributed by atoms with van der Waals surface area (Å²) in [6.07, 6.45) is 1.52. The van der Waals surface area contributed by atoms with E-state index in [4.69, 9.17) is 5.11 Å². The minimum atomic E-state index is -3.44. The van der Waals surface area contributed by atoms with Gasteiger partial charge in [0.25, 0.3) is 0 Å². The van der Waals surface area contributed by atoms with Gasteiger partial charge in [-0.3, -0.25) is 4.79 Å². The van der Waals surface area contributed by atoms with Crippen molar-refractivity contribution in [1.29, 1.82) is 0 Å². The maximum absolute atomic E-state index is 11.2. The van der Waals surface area contributed by atoms with E-state index in [0.717, 1.165) is 0 Å². The first-order valence-corrected chi connectivity index (χ1v) is 7.12. The second-order valence-electron chi connectivity index (χ2n) is 2.94. The molecule has 0 radical (unpaired) electrons. The second-order valence-corrected chi connectivity index (χ2v) is 5.72. The van der Waals surface area contributed by atoms with Crippen LogP contribution in [0.5, 0.6) is 0 Å². The van der Waals surface area contributed by atoms with Crippen LogP contribution in [0.2, 0.25) is 0 Å². The topological polar surface area (TPSA) is 83.5 Å². The molecule has 0 heterocycles. The summed E-state index contributed by atoms with van der Waals surface area (Å²) in [6, 6.07) is -0.163. The minimum absolute atomic E-state index is 0.163. The molecule has 0 aromatic rings. The minimum Gasteiger partial charge on any atom is -0.481 e. The summed E-state index contributed by atoms with van der Waals surface area (Å²) < 4.78 is 24.9. The molecule has 7 heteroatoms. The molecule has 0 aromatic heterocycles. The monoisotopic (exact) mass is 241 g/mol. The molecule has 0 spiro atoms. The fourth-order valence-corrected chi connectivity index (χ4v) is 2.82. The van der Waals surface area contributed by atoms with Crippen LogP contribution in [0, 0.1) is 0 Å². The van der Waals surface area contributed by atoms with Crippen molar-refractivity contribution in [3.63, 3.8) is 0 Å². The van der Waals surface area contributed by atoms with Crippen molar-refractivity contribution in [3.05, 3.63) is 0 Å². The summed E-state index contributed by atoms with van der Waals surface area (Å²) in [7, 11) is -3.44. The van der Waals surface area contributed by atoms with Crippen LogP contribution in [0.3, 0.4) is 0 Å². The van der Waals surface area contributed by atoms with E-state index in [-0.39, 0.29) is 18.2 Å². The molecule has 0 bridgehead atoms. The van der Waals surface area contributed by atoms with Crippen LogP contribution in [-0.4, -0.2) is 43.3 Å². The van der Waals surface area contributed by atoms with Crippen molar-refractivity contribution in [2.24, 2.45) is 0 Å². The molecule has 0 rings (SSSR count). The van der Waals surface area contributed by atoms with Crippen LogP contribution >= 0.6 is 11.8 Å². The van der Waals surface area contributed by atoms with Crippen molar-refractivity contribution in [2.75, 3.05) is 17.8 Å². The first kappa shape index (κ1) is 13.7. The SMILES string of the molecule is CSCC(C)NS(=O)(=O)CCC(=O)O. The molecule has 1 unspecified atom stereocenters. The van der Waals surface area contributed by atoms with Gasteiger partial charge < -0.3 is 5.11 Å². The number of hydrogen-bond donors (Lipinski definition) is 2. The molecule has 1 atom stereocenters. The molecule has 0 aliphatic heterocycles. The molecule has 0 aliphatic rings. The molecule has 0 fully saturated rings. The van der Waals surface area contributed by atoms with Gasteiger partial charge in [0, 0.05) is 11.8 Å². The number of aliphatic carboxylic acids is 1. The Balaban J connectivity index is 4.01. The number of hydrogen-bond acceptors (Lipinski definition) is 4. The summed E-state index contributed by atoms with van der Waals surface area (Å²) in [6.45, 7) is 1.74. The van der Waals surface area contributed by atoms with Gasteiger partial charge in [-0.15, -0.1) is 0 Å². The van der Waals surface area contributed by atoms with Crippen molar-refractivity contribution in [3.8, 4) is 0 Å². The van der Waals surface area contributed by atoms with Gasteiger partial charge >= 0.3 is 5.97 Å². The zero-order chi connectivity index (χ0) is 11.2. The van der Waals surface area contributed by atoms with E-state index in [9.17, 15) is 13.2 Å². The first-order valence-electron chi connectivity index (χ1n) is 4.08. The zero-order valence-electron chi connectivity index (χ0n) is 8.19. The average Bonchev–Trinajstić information content (AvgIpc) is 2.00. The van der Waals surface area contributed by atoms with Gasteiger partial charge in [0.05, 0.1) is 12.2 Å². The Morgan fingerprint density at radius 3 is 2.57 bits per heavy atom. The number of rotatable bonds is 7. The highest BCUT2D eigenvalue weighted by molar-refractivity contribution is 7.98. The smallest absolute Gasteiger partial charge is 0.304 e. The largest absolute Gasteiger partial charge is 0.481 e. The zero-order valence-corrected chi connectivity index (χ0v) is 9.82. The fraction of sp³-hybridized carbons (Fsp3) is 0.857. The highest BCUT2D eigenvalue weighted by Crippen LogP contribution is 1.99. The van der Waals surface area contributed by atoms with Crippen LogP contribution in [0.25, 0.3) is 0 Å². The quantitative estimate of drug-likeness (QED) is 0.662. The second kappa shape index (κ2) is 6.26. The van der Waals surface area contributed by atoms with Crippen molar-refractivity contribution in [2.45, 2.75) is 19.4 Å². The number of sulfonamides is 1. The lowest BCUT2D eigenvalue weighted by atomic mass is 10.4. The van der Waals surface area contributed by atoms with Crippen molar-refractivity contribution in [1.82, 2.24) is 4.72 Å². The van der Waals surface area contributed by atoms with Gasteiger partial charge in [0.15, 0.2) is 0 Å². The molecular weight excluding hydrogens is 226 g/mol. The number of carboxylic acids is 1. The van der Waals surface area contributed by atoms with Gasteiger partial charge in [-0.05, 0) is 13.2 Å². The van der Waals surface area contributed by atoms with Crippen LogP contribution in [0.15, 0.2) is 0 Å². The normalized spacial score (nSPS) is 13.9. The number of nitrogens with one attached hydrogen (secondary N) is 1. The Labute approximate surface area is 88.3 Å². The van der Waals surface area contributed by atoms with Gasteiger partial charge in [-0.1, -0.05) is 0 Å². The van der Waals surface area contributed by atoms with Crippen LogP contribution < -0.4 is 4.72 Å². The van der Waals surface area contributed by atoms with E-state index in [1.807, 2.05) is 6.26 Å². The Hall–Kier alpha value is -0.270. The highest BCUT2D eigenvalue weighted by Gasteiger charge is 2.15. The third kappa shape index (κ3) is 7.16. The standard InChI is InChI=1S/C7H15NO4S2/c1-6(5-13-2)8-14(11,12)4-3-7(9)10/h6,8H,3-5H2,1-2H3,(H,9,10). The summed E-state index contributed by atoms with van der Waals surface area (Å²) in [5.41, 5.74) is 0. The molecule has 2 N–H and O–H groups in total. The van der Waals surface area contributed by atoms with Crippen molar-refractivity contribution >= 4 is 27.8 Å². The number of carbonyl (C=O) groups is 1. The lowest BCUT2D eigenvalue weighted by Crippen LogP contribution is -2.36. The lowest BCUT2D eigenvalue weighted by molar-refractivity contribution is -0.136. The molecule has 14 heavy (non-hydrogen) atoms. The summed E-state index contributed by atoms with van der Waals surface area (Å²) in [5, 5.41) is 8.32. The van der Waals surface area contributed by atoms with Crippen LogP contribution in [0.1, 0.15) is 13.3 Å². The predicted molar refractivity (Wildman–Crippen MR) is 57.0 cm³/mol. The van der Waals surface area contributed by atoms with E-state index >= 15 is 0 Å². The molecule has 84 valence electrons. The number of carboxylic acid groups (broad SMARTS) is 1. The molecule has 0 saturated heterocycles. The van der Waals surface area contributed by atoms with E-state index in [1.54, 1.807) is 6.92 Å². The molecule has 0 amide bonds. The summed E-state index contributed by atoms with van der Waals surface area (Å²) in [4.78, 5) is 10.2. The number of thioether (sulfide) groups is 1. The molecule has 5 nitrogen and oxygen atoms in total. The van der Waals surface area contributed by atoms with Crippen molar-refractivity contribution < 1.29 is 18.3 Å². The first-order chi connectivity index (χ1) is 6.37. The average molecular weight is 241 g/mol. The maximum atomic E-state index is 11.2. The summed E-state index contributed by atoms with van der Waals surface area (Å²) in [5.74, 6) is -0.791. The van der Waals surface area contributed by atoms with Gasteiger partial charge in [-0.25, -0.2) is 13.1 Å². The third-order valence-electron chi connectivity index (χ3n) is 1.38. The molecule has 0 saturated carbocycles. The Morgan fingerprint density at radius 2 is 2.14 bits per heavy atom. The Morgan fingerprint density at radius 1 is 1.57 bits per heavy atom. The van der Waals surface area contributed by atoms with E-state index in [0.29, 0.717) is 5.75 Å². The predicted octanol–water partition coefficient (Wildman–Crippen LogP) is 0.132. The summed E-state index contributed by atoms with van der Waals surface area (Å²) >= 11 is 1.53. The molecular formula is C7H15NO4S2. The van der Waals surface area contributed by atoms with Crippen LogP contribution in [-0.2, 0) is 14.8 Å². The molecule has 0 aliphatic carbocycles. The van der Waals surface area contributed by atoms with Gasteiger partial charge in [-0.2, -0.15) is 11.8 Å². The van der Waals surface area contributed by atoms with Gasteiger partial charge in [0.1, 0.15) is 0 Å².